The van der Waals surface area contributed by atoms with Gasteiger partial charge < -0.3 is 4.90 Å². The first-order valence-electron chi connectivity index (χ1n) is 8.61. The molecule has 1 fully saturated rings. The Morgan fingerprint density at radius 2 is 1.92 bits per heavy atom. The van der Waals surface area contributed by atoms with E-state index in [1.54, 1.807) is 18.2 Å². The van der Waals surface area contributed by atoms with Gasteiger partial charge in [-0.2, -0.15) is 0 Å². The summed E-state index contributed by atoms with van der Waals surface area (Å²) in [7, 11) is 0. The van der Waals surface area contributed by atoms with Crippen LogP contribution in [0.5, 0.6) is 0 Å². The number of benzene rings is 1. The second-order valence-electron chi connectivity index (χ2n) is 6.45. The van der Waals surface area contributed by atoms with Gasteiger partial charge in [-0.25, -0.2) is 4.98 Å². The molecule has 0 N–H and O–H groups in total. The number of nitrogens with zero attached hydrogens (tertiary/aromatic N) is 4. The molecule has 1 saturated heterocycles. The van der Waals surface area contributed by atoms with E-state index < -0.39 is 16.2 Å². The van der Waals surface area contributed by atoms with Gasteiger partial charge in [0.25, 0.3) is 0 Å². The molecule has 132 valence electrons. The average molecular weight is 350 g/mol. The third kappa shape index (κ3) is 2.81. The molecule has 1 aromatic carbocycles. The molecule has 1 aliphatic rings. The Labute approximate surface area is 149 Å². The molecule has 0 aliphatic carbocycles. The smallest absolute Gasteiger partial charge is 0.347 e. The molecule has 0 radical (unpaired) electrons. The maximum absolute atomic E-state index is 12.7. The first-order chi connectivity index (χ1) is 12.6. The lowest BCUT2D eigenvalue weighted by molar-refractivity contribution is -0.385. The Morgan fingerprint density at radius 1 is 1.15 bits per heavy atom. The van der Waals surface area contributed by atoms with Crippen molar-refractivity contribution in [1.82, 2.24) is 9.38 Å². The minimum atomic E-state index is -0.638. The minimum Gasteiger partial charge on any atom is -0.347 e. The predicted molar refractivity (Wildman–Crippen MR) is 98.6 cm³/mol. The zero-order chi connectivity index (χ0) is 18.1. The lowest BCUT2D eigenvalue weighted by atomic mass is 10.0. The van der Waals surface area contributed by atoms with E-state index in [0.717, 1.165) is 19.3 Å². The van der Waals surface area contributed by atoms with Gasteiger partial charge in [-0.15, -0.1) is 0 Å². The fraction of sp³-hybridized carbons (Fsp3) is 0.263. The van der Waals surface area contributed by atoms with Crippen LogP contribution in [0.2, 0.25) is 0 Å². The molecule has 4 rings (SSSR count). The zero-order valence-corrected chi connectivity index (χ0v) is 14.1. The highest BCUT2D eigenvalue weighted by Crippen LogP contribution is 2.31. The van der Waals surface area contributed by atoms with Crippen LogP contribution in [0.15, 0.2) is 59.5 Å². The summed E-state index contributed by atoms with van der Waals surface area (Å²) < 4.78 is 1.23. The molecule has 0 spiro atoms. The monoisotopic (exact) mass is 350 g/mol. The van der Waals surface area contributed by atoms with Gasteiger partial charge in [0, 0.05) is 18.8 Å². The van der Waals surface area contributed by atoms with Crippen LogP contribution in [0.4, 0.5) is 11.5 Å². The van der Waals surface area contributed by atoms with Crippen molar-refractivity contribution in [3.8, 4) is 0 Å². The SMILES string of the molecule is O=c1c([N+](=O)[O-])c(N2CCCC2Cc2ccccc2)nc2ccccn12. The Morgan fingerprint density at radius 3 is 2.69 bits per heavy atom. The molecule has 0 bridgehead atoms. The van der Waals surface area contributed by atoms with Gasteiger partial charge in [-0.3, -0.25) is 19.3 Å². The Balaban J connectivity index is 1.80. The van der Waals surface area contributed by atoms with Crippen molar-refractivity contribution in [3.05, 3.63) is 80.8 Å². The van der Waals surface area contributed by atoms with Crippen LogP contribution in [-0.4, -0.2) is 26.9 Å². The zero-order valence-electron chi connectivity index (χ0n) is 14.1. The van der Waals surface area contributed by atoms with Crippen LogP contribution < -0.4 is 10.5 Å². The van der Waals surface area contributed by atoms with Crippen LogP contribution in [0.3, 0.4) is 0 Å². The molecule has 7 nitrogen and oxygen atoms in total. The van der Waals surface area contributed by atoms with Crippen LogP contribution in [-0.2, 0) is 6.42 Å². The van der Waals surface area contributed by atoms with E-state index >= 15 is 0 Å². The fourth-order valence-corrected chi connectivity index (χ4v) is 3.64. The van der Waals surface area contributed by atoms with Gasteiger partial charge in [0.1, 0.15) is 5.65 Å². The molecule has 1 unspecified atom stereocenters. The van der Waals surface area contributed by atoms with Crippen molar-refractivity contribution in [3.63, 3.8) is 0 Å². The van der Waals surface area contributed by atoms with Gasteiger partial charge >= 0.3 is 11.2 Å². The van der Waals surface area contributed by atoms with Crippen molar-refractivity contribution in [1.29, 1.82) is 0 Å². The second kappa shape index (κ2) is 6.59. The van der Waals surface area contributed by atoms with Crippen molar-refractivity contribution in [2.45, 2.75) is 25.3 Å². The fourth-order valence-electron chi connectivity index (χ4n) is 3.64. The number of pyridine rings is 1. The lowest BCUT2D eigenvalue weighted by Crippen LogP contribution is -2.34. The summed E-state index contributed by atoms with van der Waals surface area (Å²) >= 11 is 0. The van der Waals surface area contributed by atoms with E-state index in [1.165, 1.54) is 16.2 Å². The van der Waals surface area contributed by atoms with Crippen molar-refractivity contribution in [2.75, 3.05) is 11.4 Å². The van der Waals surface area contributed by atoms with Crippen molar-refractivity contribution >= 4 is 17.2 Å². The van der Waals surface area contributed by atoms with Gasteiger partial charge in [0.15, 0.2) is 0 Å². The van der Waals surface area contributed by atoms with Gasteiger partial charge in [0.05, 0.1) is 4.92 Å². The highest BCUT2D eigenvalue weighted by Gasteiger charge is 2.34. The molecule has 7 heteroatoms. The van der Waals surface area contributed by atoms with E-state index in [-0.39, 0.29) is 11.9 Å². The highest BCUT2D eigenvalue weighted by molar-refractivity contribution is 5.62. The molecule has 3 heterocycles. The second-order valence-corrected chi connectivity index (χ2v) is 6.45. The predicted octanol–water partition coefficient (Wildman–Crippen LogP) is 2.81. The largest absolute Gasteiger partial charge is 0.376 e. The highest BCUT2D eigenvalue weighted by atomic mass is 16.6. The van der Waals surface area contributed by atoms with Crippen LogP contribution in [0.1, 0.15) is 18.4 Å². The summed E-state index contributed by atoms with van der Waals surface area (Å²) in [6.07, 6.45) is 4.12. The molecule has 26 heavy (non-hydrogen) atoms. The van der Waals surface area contributed by atoms with Crippen LogP contribution in [0, 0.1) is 10.1 Å². The summed E-state index contributed by atoms with van der Waals surface area (Å²) in [5, 5.41) is 11.6. The summed E-state index contributed by atoms with van der Waals surface area (Å²) in [4.78, 5) is 30.1. The molecular weight excluding hydrogens is 332 g/mol. The molecule has 1 aliphatic heterocycles. The number of hydrogen-bond donors (Lipinski definition) is 0. The normalized spacial score (nSPS) is 16.9. The number of fused-ring (bicyclic) bond motifs is 1. The molecule has 0 amide bonds. The van der Waals surface area contributed by atoms with E-state index in [0.29, 0.717) is 12.2 Å². The van der Waals surface area contributed by atoms with Crippen molar-refractivity contribution < 1.29 is 4.92 Å². The van der Waals surface area contributed by atoms with Crippen molar-refractivity contribution in [2.24, 2.45) is 0 Å². The maximum atomic E-state index is 12.7. The quantitative estimate of drug-likeness (QED) is 0.534. The van der Waals surface area contributed by atoms with Crippen LogP contribution >= 0.6 is 0 Å². The summed E-state index contributed by atoms with van der Waals surface area (Å²) in [6, 6.07) is 15.2. The first-order valence-corrected chi connectivity index (χ1v) is 8.61. The Hall–Kier alpha value is -3.22. The number of aromatic nitrogens is 2. The van der Waals surface area contributed by atoms with Gasteiger partial charge in [0.2, 0.25) is 5.82 Å². The molecule has 3 aromatic rings. The number of nitro groups is 1. The molecule has 1 atom stereocenters. The molecule has 0 saturated carbocycles. The van der Waals surface area contributed by atoms with E-state index in [4.69, 9.17) is 0 Å². The van der Waals surface area contributed by atoms with E-state index in [2.05, 4.69) is 4.98 Å². The summed E-state index contributed by atoms with van der Waals surface area (Å²) in [5.41, 5.74) is 0.502. The number of rotatable bonds is 4. The molecular formula is C19H18N4O3. The minimum absolute atomic E-state index is 0.0918. The maximum Gasteiger partial charge on any atom is 0.376 e. The van der Waals surface area contributed by atoms with Gasteiger partial charge in [-0.1, -0.05) is 36.4 Å². The van der Waals surface area contributed by atoms with Gasteiger partial charge in [-0.05, 0) is 37.0 Å². The third-order valence-corrected chi connectivity index (χ3v) is 4.84. The summed E-state index contributed by atoms with van der Waals surface area (Å²) in [5.74, 6) is 0.185. The lowest BCUT2D eigenvalue weighted by Gasteiger charge is -2.25. The number of anilines is 1. The molecule has 2 aromatic heterocycles. The average Bonchev–Trinajstić information content (AvgIpc) is 3.10. The summed E-state index contributed by atoms with van der Waals surface area (Å²) in [6.45, 7) is 0.661. The Bertz CT molecular complexity index is 1020. The third-order valence-electron chi connectivity index (χ3n) is 4.84. The van der Waals surface area contributed by atoms with E-state index in [1.807, 2.05) is 35.2 Å². The van der Waals surface area contributed by atoms with Crippen LogP contribution in [0.25, 0.3) is 5.65 Å². The standard InChI is InChI=1S/C19H18N4O3/c24-19-17(23(25)26)18(20-16-10-4-5-11-22(16)19)21-12-6-9-15(21)13-14-7-2-1-3-8-14/h1-5,7-8,10-11,15H,6,9,12-13H2. The number of hydrogen-bond acceptors (Lipinski definition) is 5. The first kappa shape index (κ1) is 16.3. The van der Waals surface area contributed by atoms with E-state index in [9.17, 15) is 14.9 Å². The topological polar surface area (TPSA) is 80.8 Å². The Kier molecular flexibility index (Phi) is 4.12.